The van der Waals surface area contributed by atoms with Crippen molar-refractivity contribution < 1.29 is 23.1 Å². The van der Waals surface area contributed by atoms with E-state index in [1.54, 1.807) is 18.0 Å². The predicted molar refractivity (Wildman–Crippen MR) is 135 cm³/mol. The summed E-state index contributed by atoms with van der Waals surface area (Å²) < 4.78 is 32.9. The van der Waals surface area contributed by atoms with Gasteiger partial charge in [-0.1, -0.05) is 0 Å². The van der Waals surface area contributed by atoms with Crippen molar-refractivity contribution in [1.29, 1.82) is 0 Å². The second kappa shape index (κ2) is 8.81. The normalized spacial score (nSPS) is 17.1. The van der Waals surface area contributed by atoms with Gasteiger partial charge in [0.15, 0.2) is 5.43 Å². The number of hydrogen-bond donors (Lipinski definition) is 1. The molecule has 10 nitrogen and oxygen atoms in total. The molecule has 11 heteroatoms. The zero-order valence-electron chi connectivity index (χ0n) is 20.3. The quantitative estimate of drug-likeness (QED) is 0.554. The molecule has 0 spiro atoms. The van der Waals surface area contributed by atoms with Gasteiger partial charge in [0, 0.05) is 41.2 Å². The monoisotopic (exact) mass is 512 g/mol. The fraction of sp³-hybridized carbons (Fsp3) is 0.400. The average Bonchev–Trinajstić information content (AvgIpc) is 3.32. The van der Waals surface area contributed by atoms with E-state index in [0.717, 1.165) is 22.3 Å². The van der Waals surface area contributed by atoms with Crippen LogP contribution in [0.1, 0.15) is 48.7 Å². The predicted octanol–water partition coefficient (Wildman–Crippen LogP) is 2.70. The standard InChI is InChI=1S/C25H28N4O6S/c1-15(2)28-13-16-8-20(17-11-26-27(12-17)18-4-6-36(33,34)7-5-18)24(35-3)9-19(16)22-10-23(30)21(25(31)32)14-29(22)28/h8-12,14-15,18H,4-7,13H2,1-3H3,(H,31,32). The van der Waals surface area contributed by atoms with Gasteiger partial charge in [0.25, 0.3) is 0 Å². The number of carboxylic acid groups (broad SMARTS) is 1. The molecule has 0 bridgehead atoms. The summed E-state index contributed by atoms with van der Waals surface area (Å²) in [6.07, 6.45) is 6.15. The van der Waals surface area contributed by atoms with E-state index < -0.39 is 21.2 Å². The number of carbonyl (C=O) groups is 1. The fourth-order valence-corrected chi connectivity index (χ4v) is 6.45. The number of benzene rings is 1. The molecule has 0 unspecified atom stereocenters. The Morgan fingerprint density at radius 3 is 2.50 bits per heavy atom. The molecule has 0 radical (unpaired) electrons. The molecule has 2 aliphatic heterocycles. The highest BCUT2D eigenvalue weighted by Gasteiger charge is 2.28. The van der Waals surface area contributed by atoms with Crippen molar-refractivity contribution in [2.24, 2.45) is 0 Å². The van der Waals surface area contributed by atoms with E-state index in [2.05, 4.69) is 5.10 Å². The third kappa shape index (κ3) is 4.17. The van der Waals surface area contributed by atoms with Gasteiger partial charge in [-0.15, -0.1) is 0 Å². The molecular weight excluding hydrogens is 484 g/mol. The Morgan fingerprint density at radius 1 is 1.14 bits per heavy atom. The molecule has 36 heavy (non-hydrogen) atoms. The van der Waals surface area contributed by atoms with Crippen LogP contribution in [0.2, 0.25) is 0 Å². The van der Waals surface area contributed by atoms with Crippen LogP contribution in [0.4, 0.5) is 0 Å². The number of hydrogen-bond acceptors (Lipinski definition) is 7. The van der Waals surface area contributed by atoms with Crippen molar-refractivity contribution in [2.45, 2.75) is 45.3 Å². The lowest BCUT2D eigenvalue weighted by Gasteiger charge is -2.38. The molecule has 0 saturated carbocycles. The van der Waals surface area contributed by atoms with Crippen molar-refractivity contribution in [2.75, 3.05) is 23.6 Å². The number of carboxylic acids is 1. The second-order valence-corrected chi connectivity index (χ2v) is 11.9. The van der Waals surface area contributed by atoms with E-state index in [-0.39, 0.29) is 29.2 Å². The molecule has 190 valence electrons. The summed E-state index contributed by atoms with van der Waals surface area (Å²) in [6.45, 7) is 4.52. The Bertz CT molecular complexity index is 1510. The van der Waals surface area contributed by atoms with Crippen LogP contribution < -0.4 is 15.2 Å². The van der Waals surface area contributed by atoms with Gasteiger partial charge in [-0.2, -0.15) is 5.10 Å². The van der Waals surface area contributed by atoms with Crippen LogP contribution in [-0.2, 0) is 16.4 Å². The molecule has 4 heterocycles. The average molecular weight is 513 g/mol. The van der Waals surface area contributed by atoms with Gasteiger partial charge in [0.2, 0.25) is 0 Å². The topological polar surface area (TPSA) is 124 Å². The lowest BCUT2D eigenvalue weighted by Crippen LogP contribution is -2.44. The van der Waals surface area contributed by atoms with Gasteiger partial charge < -0.3 is 14.9 Å². The maximum absolute atomic E-state index is 12.6. The summed E-state index contributed by atoms with van der Waals surface area (Å²) in [7, 11) is -1.39. The summed E-state index contributed by atoms with van der Waals surface area (Å²) in [5.74, 6) is -0.325. The van der Waals surface area contributed by atoms with Crippen molar-refractivity contribution >= 4 is 15.8 Å². The highest BCUT2D eigenvalue weighted by atomic mass is 32.2. The first-order valence-corrected chi connectivity index (χ1v) is 13.6. The van der Waals surface area contributed by atoms with Crippen LogP contribution >= 0.6 is 0 Å². The summed E-state index contributed by atoms with van der Waals surface area (Å²) in [5, 5.41) is 16.0. The molecule has 1 N–H and O–H groups in total. The number of sulfone groups is 1. The zero-order chi connectivity index (χ0) is 25.8. The second-order valence-electron chi connectivity index (χ2n) is 9.58. The van der Waals surface area contributed by atoms with Crippen molar-refractivity contribution in [3.8, 4) is 28.1 Å². The summed E-state index contributed by atoms with van der Waals surface area (Å²) in [6, 6.07) is 5.33. The van der Waals surface area contributed by atoms with Gasteiger partial charge in [0.05, 0.1) is 43.1 Å². The smallest absolute Gasteiger partial charge is 0.341 e. The first kappa shape index (κ1) is 24.1. The number of ether oxygens (including phenoxy) is 1. The number of methoxy groups -OCH3 is 1. The van der Waals surface area contributed by atoms with Crippen molar-refractivity contribution in [3.63, 3.8) is 0 Å². The molecule has 1 saturated heterocycles. The number of rotatable bonds is 5. The van der Waals surface area contributed by atoms with Crippen LogP contribution in [0, 0.1) is 0 Å². The third-order valence-corrected chi connectivity index (χ3v) is 8.69. The fourth-order valence-electron chi connectivity index (χ4n) is 4.99. The van der Waals surface area contributed by atoms with Crippen LogP contribution in [0.5, 0.6) is 5.75 Å². The molecular formula is C25H28N4O6S. The Morgan fingerprint density at radius 2 is 1.86 bits per heavy atom. The van der Waals surface area contributed by atoms with Crippen molar-refractivity contribution in [1.82, 2.24) is 14.5 Å². The van der Waals surface area contributed by atoms with Crippen molar-refractivity contribution in [3.05, 3.63) is 58.1 Å². The number of nitrogens with zero attached hydrogens (tertiary/aromatic N) is 4. The first-order valence-electron chi connectivity index (χ1n) is 11.8. The van der Waals surface area contributed by atoms with E-state index in [0.29, 0.717) is 30.8 Å². The Hall–Kier alpha value is -3.60. The first-order chi connectivity index (χ1) is 17.1. The minimum Gasteiger partial charge on any atom is -0.496 e. The SMILES string of the molecule is COc1cc2c(cc1-c1cnn(C3CCS(=O)(=O)CC3)c1)CN(C(C)C)n1cc(C(=O)O)c(=O)cc1-2. The Kier molecular flexibility index (Phi) is 5.90. The van der Waals surface area contributed by atoms with Gasteiger partial charge in [-0.3, -0.25) is 14.2 Å². The Labute approximate surface area is 208 Å². The highest BCUT2D eigenvalue weighted by molar-refractivity contribution is 7.91. The summed E-state index contributed by atoms with van der Waals surface area (Å²) in [4.78, 5) is 24.2. The molecule has 1 aromatic carbocycles. The third-order valence-electron chi connectivity index (χ3n) is 6.98. The van der Waals surface area contributed by atoms with E-state index >= 15 is 0 Å². The van der Waals surface area contributed by atoms with E-state index in [9.17, 15) is 23.1 Å². The van der Waals surface area contributed by atoms with Crippen LogP contribution in [0.25, 0.3) is 22.4 Å². The lowest BCUT2D eigenvalue weighted by molar-refractivity contribution is 0.0694. The van der Waals surface area contributed by atoms with E-state index in [4.69, 9.17) is 4.74 Å². The zero-order valence-corrected chi connectivity index (χ0v) is 21.2. The summed E-state index contributed by atoms with van der Waals surface area (Å²) >= 11 is 0. The minimum absolute atomic E-state index is 0.0320. The van der Waals surface area contributed by atoms with E-state index in [1.165, 1.54) is 12.3 Å². The molecule has 0 atom stereocenters. The maximum Gasteiger partial charge on any atom is 0.341 e. The molecule has 1 fully saturated rings. The molecule has 2 aliphatic rings. The largest absolute Gasteiger partial charge is 0.496 e. The number of pyridine rings is 1. The minimum atomic E-state index is -2.96. The number of aromatic carboxylic acids is 1. The van der Waals surface area contributed by atoms with Gasteiger partial charge in [-0.25, -0.2) is 13.2 Å². The molecule has 5 rings (SSSR count). The summed E-state index contributed by atoms with van der Waals surface area (Å²) in [5.41, 5.74) is 3.23. The highest BCUT2D eigenvalue weighted by Crippen LogP contribution is 2.40. The van der Waals surface area contributed by atoms with Crippen LogP contribution in [0.3, 0.4) is 0 Å². The van der Waals surface area contributed by atoms with Crippen LogP contribution in [0.15, 0.2) is 41.6 Å². The molecule has 3 aromatic rings. The molecule has 0 amide bonds. The Balaban J connectivity index is 1.58. The van der Waals surface area contributed by atoms with Gasteiger partial charge >= 0.3 is 5.97 Å². The van der Waals surface area contributed by atoms with Gasteiger partial charge in [-0.05, 0) is 44.4 Å². The van der Waals surface area contributed by atoms with E-state index in [1.807, 2.05) is 41.9 Å². The molecule has 0 aliphatic carbocycles. The lowest BCUT2D eigenvalue weighted by atomic mass is 9.95. The maximum atomic E-state index is 12.6. The van der Waals surface area contributed by atoms with Crippen LogP contribution in [-0.4, -0.2) is 58.6 Å². The van der Waals surface area contributed by atoms with Gasteiger partial charge in [0.1, 0.15) is 21.2 Å². The number of fused-ring (bicyclic) bond motifs is 3. The number of aromatic nitrogens is 3. The molecule has 2 aromatic heterocycles.